The number of alkyl carbamates (subject to hydrolysis) is 1. The third-order valence-corrected chi connectivity index (χ3v) is 7.74. The number of piperidine rings is 1. The van der Waals surface area contributed by atoms with E-state index in [0.717, 1.165) is 23.0 Å². The van der Waals surface area contributed by atoms with Gasteiger partial charge in [-0.25, -0.2) is 14.4 Å². The molecule has 4 aromatic rings. The van der Waals surface area contributed by atoms with Crippen molar-refractivity contribution in [2.24, 2.45) is 14.1 Å². The van der Waals surface area contributed by atoms with Crippen LogP contribution in [0.15, 0.2) is 48.6 Å². The van der Waals surface area contributed by atoms with Crippen molar-refractivity contribution >= 4 is 40.1 Å². The predicted octanol–water partition coefficient (Wildman–Crippen LogP) is 2.68. The van der Waals surface area contributed by atoms with Gasteiger partial charge in [0.05, 0.1) is 17.6 Å². The van der Waals surface area contributed by atoms with E-state index in [9.17, 15) is 24.0 Å². The molecule has 0 saturated carbocycles. The summed E-state index contributed by atoms with van der Waals surface area (Å²) in [6.07, 6.45) is 2.94. The van der Waals surface area contributed by atoms with Crippen LogP contribution in [0.2, 0.25) is 0 Å². The second-order valence-electron chi connectivity index (χ2n) is 12.6. The van der Waals surface area contributed by atoms with Gasteiger partial charge in [-0.1, -0.05) is 17.7 Å². The van der Waals surface area contributed by atoms with Crippen molar-refractivity contribution in [2.75, 3.05) is 18.0 Å². The third-order valence-electron chi connectivity index (χ3n) is 7.74. The normalized spacial score (nSPS) is 15.4. The van der Waals surface area contributed by atoms with E-state index in [4.69, 9.17) is 14.1 Å². The van der Waals surface area contributed by atoms with Gasteiger partial charge in [0.25, 0.3) is 5.56 Å². The van der Waals surface area contributed by atoms with E-state index in [-0.39, 0.29) is 28.4 Å². The highest BCUT2D eigenvalue weighted by Gasteiger charge is 2.29. The van der Waals surface area contributed by atoms with E-state index >= 15 is 0 Å². The average molecular weight is 622 g/mol. The maximum atomic E-state index is 14.0. The fourth-order valence-corrected chi connectivity index (χ4v) is 5.54. The monoisotopic (exact) mass is 621 g/mol. The Labute approximate surface area is 258 Å². The molecule has 14 heteroatoms. The van der Waals surface area contributed by atoms with Crippen molar-refractivity contribution in [3.63, 3.8) is 0 Å². The van der Waals surface area contributed by atoms with Crippen LogP contribution in [0, 0.1) is 0 Å². The van der Waals surface area contributed by atoms with Gasteiger partial charge < -0.3 is 23.9 Å². The molecule has 0 radical (unpaired) electrons. The summed E-state index contributed by atoms with van der Waals surface area (Å²) in [6.45, 7) is 10.1. The van der Waals surface area contributed by atoms with E-state index in [1.165, 1.54) is 29.3 Å². The molecule has 0 spiro atoms. The van der Waals surface area contributed by atoms with Gasteiger partial charge in [0.1, 0.15) is 5.60 Å². The first kappa shape index (κ1) is 31.5. The first-order valence-electron chi connectivity index (χ1n) is 14.9. The predicted molar refractivity (Wildman–Crippen MR) is 169 cm³/mol. The number of rotatable bonds is 7. The molecule has 3 aromatic heterocycles. The molecular weight excluding hydrogens is 582 g/mol. The van der Waals surface area contributed by atoms with Crippen molar-refractivity contribution in [3.05, 3.63) is 66.8 Å². The SMILES string of the molecule is CC(C)=CCn1c(N2CCCC(NC(=O)OC(C)(C)C)C2)nc2c1c(=O)n(CC(=O)c1cccc3c1oc(=O)n3C)c(=O)n2C. The summed E-state index contributed by atoms with van der Waals surface area (Å²) in [4.78, 5) is 72.4. The number of oxazole rings is 1. The number of para-hydroxylation sites is 1. The first-order valence-corrected chi connectivity index (χ1v) is 14.9. The Kier molecular flexibility index (Phi) is 8.34. The molecule has 0 aliphatic carbocycles. The van der Waals surface area contributed by atoms with Gasteiger partial charge in [0.2, 0.25) is 5.95 Å². The molecule has 1 unspecified atom stereocenters. The molecule has 1 aromatic carbocycles. The number of aryl methyl sites for hydroxylation is 2. The van der Waals surface area contributed by atoms with Gasteiger partial charge in [-0.3, -0.25) is 23.3 Å². The number of hydrogen-bond donors (Lipinski definition) is 1. The molecular formula is C31H39N7O7. The summed E-state index contributed by atoms with van der Waals surface area (Å²) in [7, 11) is 3.03. The third kappa shape index (κ3) is 6.22. The van der Waals surface area contributed by atoms with Crippen LogP contribution < -0.4 is 27.2 Å². The number of fused-ring (bicyclic) bond motifs is 2. The van der Waals surface area contributed by atoms with E-state index in [1.54, 1.807) is 37.5 Å². The number of carbonyl (C=O) groups excluding carboxylic acids is 2. The van der Waals surface area contributed by atoms with Crippen molar-refractivity contribution in [1.29, 1.82) is 0 Å². The first-order chi connectivity index (χ1) is 21.2. The Morgan fingerprint density at radius 2 is 1.84 bits per heavy atom. The van der Waals surface area contributed by atoms with Crippen LogP contribution in [0.25, 0.3) is 22.3 Å². The zero-order chi connectivity index (χ0) is 32.8. The Hall–Kier alpha value is -4.88. The summed E-state index contributed by atoms with van der Waals surface area (Å²) in [5.41, 5.74) is -0.0201. The minimum Gasteiger partial charge on any atom is -0.444 e. The number of aromatic nitrogens is 5. The van der Waals surface area contributed by atoms with Crippen molar-refractivity contribution < 1.29 is 18.7 Å². The van der Waals surface area contributed by atoms with E-state index in [1.807, 2.05) is 24.8 Å². The minimum absolute atomic E-state index is 0.0924. The molecule has 14 nitrogen and oxygen atoms in total. The van der Waals surface area contributed by atoms with Crippen molar-refractivity contribution in [2.45, 2.75) is 72.2 Å². The quantitative estimate of drug-likeness (QED) is 0.242. The number of allylic oxidation sites excluding steroid dienone is 2. The molecule has 5 rings (SSSR count). The molecule has 1 amide bonds. The molecule has 4 heterocycles. The van der Waals surface area contributed by atoms with Gasteiger partial charge >= 0.3 is 17.5 Å². The van der Waals surface area contributed by atoms with Crippen LogP contribution in [-0.4, -0.2) is 59.9 Å². The largest absolute Gasteiger partial charge is 0.444 e. The van der Waals surface area contributed by atoms with E-state index < -0.39 is 41.0 Å². The Morgan fingerprint density at radius 1 is 1.11 bits per heavy atom. The molecule has 0 bridgehead atoms. The van der Waals surface area contributed by atoms with Gasteiger partial charge in [0.15, 0.2) is 22.5 Å². The second kappa shape index (κ2) is 11.9. The van der Waals surface area contributed by atoms with Crippen LogP contribution in [0.1, 0.15) is 57.8 Å². The highest BCUT2D eigenvalue weighted by atomic mass is 16.6. The Bertz CT molecular complexity index is 2010. The Balaban J connectivity index is 1.56. The fourth-order valence-electron chi connectivity index (χ4n) is 5.54. The van der Waals surface area contributed by atoms with Gasteiger partial charge in [-0.05, 0) is 59.6 Å². The number of ketones is 1. The number of benzene rings is 1. The van der Waals surface area contributed by atoms with E-state index in [0.29, 0.717) is 31.1 Å². The number of Topliss-reactive ketones (excluding diaryl/α,β-unsaturated/α-hetero) is 1. The summed E-state index contributed by atoms with van der Waals surface area (Å²) < 4.78 is 15.9. The number of ether oxygens (including phenoxy) is 1. The lowest BCUT2D eigenvalue weighted by Gasteiger charge is -2.34. The molecule has 1 aliphatic rings. The zero-order valence-corrected chi connectivity index (χ0v) is 26.7. The van der Waals surface area contributed by atoms with Crippen molar-refractivity contribution in [1.82, 2.24) is 28.6 Å². The highest BCUT2D eigenvalue weighted by molar-refractivity contribution is 6.05. The summed E-state index contributed by atoms with van der Waals surface area (Å²) in [6, 6.07) is 4.53. The molecule has 240 valence electrons. The maximum Gasteiger partial charge on any atom is 0.419 e. The zero-order valence-electron chi connectivity index (χ0n) is 26.7. The summed E-state index contributed by atoms with van der Waals surface area (Å²) in [5, 5.41) is 2.94. The second-order valence-corrected chi connectivity index (χ2v) is 12.6. The molecule has 1 saturated heterocycles. The maximum absolute atomic E-state index is 14.0. The number of amides is 1. The average Bonchev–Trinajstić information content (AvgIpc) is 3.49. The lowest BCUT2D eigenvalue weighted by atomic mass is 10.1. The molecule has 1 fully saturated rings. The number of nitrogens with zero attached hydrogens (tertiary/aromatic N) is 6. The number of imidazole rings is 1. The molecule has 1 atom stereocenters. The van der Waals surface area contributed by atoms with Crippen LogP contribution in [-0.2, 0) is 31.9 Å². The van der Waals surface area contributed by atoms with E-state index in [2.05, 4.69) is 5.32 Å². The fraction of sp³-hybridized carbons (Fsp3) is 0.484. The Morgan fingerprint density at radius 3 is 2.53 bits per heavy atom. The van der Waals surface area contributed by atoms with Crippen LogP contribution in [0.3, 0.4) is 0 Å². The smallest absolute Gasteiger partial charge is 0.419 e. The van der Waals surface area contributed by atoms with Crippen molar-refractivity contribution in [3.8, 4) is 0 Å². The number of nitrogens with one attached hydrogen (secondary N) is 1. The standard InChI is InChI=1S/C31H39N7O7/c1-18(2)13-15-37-23-25(33-27(37)36-14-9-10-19(16-36)32-28(41)45-31(3,4)5)35(7)29(42)38(26(23)40)17-22(39)20-11-8-12-21-24(20)44-30(43)34(21)6/h8,11-13,19H,9-10,14-17H2,1-7H3,(H,32,41). The highest BCUT2D eigenvalue weighted by Crippen LogP contribution is 2.24. The van der Waals surface area contributed by atoms with Gasteiger partial charge in [0, 0.05) is 39.8 Å². The minimum atomic E-state index is -0.705. The topological polar surface area (TPSA) is 156 Å². The molecule has 1 N–H and O–H groups in total. The van der Waals surface area contributed by atoms with Gasteiger partial charge in [-0.2, -0.15) is 4.98 Å². The molecule has 45 heavy (non-hydrogen) atoms. The van der Waals surface area contributed by atoms with Crippen LogP contribution in [0.4, 0.5) is 10.7 Å². The lowest BCUT2D eigenvalue weighted by molar-refractivity contribution is 0.0499. The molecule has 1 aliphatic heterocycles. The van der Waals surface area contributed by atoms with Crippen LogP contribution in [0.5, 0.6) is 0 Å². The summed E-state index contributed by atoms with van der Waals surface area (Å²) >= 11 is 0. The number of anilines is 1. The summed E-state index contributed by atoms with van der Waals surface area (Å²) in [5.74, 6) is -0.710. The lowest BCUT2D eigenvalue weighted by Crippen LogP contribution is -2.49. The van der Waals surface area contributed by atoms with Gasteiger partial charge in [-0.15, -0.1) is 0 Å². The van der Waals surface area contributed by atoms with Crippen LogP contribution >= 0.6 is 0 Å². The number of hydrogen-bond acceptors (Lipinski definition) is 9. The number of carbonyl (C=O) groups is 2.